The number of rotatable bonds is 4. The Morgan fingerprint density at radius 2 is 0.955 bits per heavy atom. The van der Waals surface area contributed by atoms with Crippen LogP contribution in [0.1, 0.15) is 22.8 Å². The minimum absolute atomic E-state index is 0.897. The van der Waals surface area contributed by atoms with Crippen molar-refractivity contribution < 1.29 is 0 Å². The van der Waals surface area contributed by atoms with E-state index in [2.05, 4.69) is 15.0 Å². The van der Waals surface area contributed by atoms with E-state index in [0.717, 1.165) is 22.8 Å². The summed E-state index contributed by atoms with van der Waals surface area (Å²) in [5.41, 5.74) is 3.63. The molecule has 106 valence electrons. The Kier molecular flexibility index (Phi) is 4.47. The van der Waals surface area contributed by atoms with Gasteiger partial charge in [0.2, 0.25) is 0 Å². The van der Waals surface area contributed by atoms with Crippen LogP contribution in [-0.2, 0) is 0 Å². The largest absolute Gasteiger partial charge is 0.257 e. The van der Waals surface area contributed by atoms with E-state index >= 15 is 0 Å². The number of hydrogen-bond donors (Lipinski definition) is 0. The van der Waals surface area contributed by atoms with Gasteiger partial charge < -0.3 is 0 Å². The van der Waals surface area contributed by atoms with Crippen molar-refractivity contribution in [3.8, 4) is 0 Å². The number of aromatic nitrogens is 3. The molecule has 0 amide bonds. The van der Waals surface area contributed by atoms with Gasteiger partial charge in [-0.25, -0.2) is 4.98 Å². The smallest absolute Gasteiger partial charge is 0.0637 e. The molecule has 0 saturated heterocycles. The molecule has 22 heavy (non-hydrogen) atoms. The highest BCUT2D eigenvalue weighted by molar-refractivity contribution is 5.69. The summed E-state index contributed by atoms with van der Waals surface area (Å²) in [6, 6.07) is 17.6. The molecule has 3 heterocycles. The van der Waals surface area contributed by atoms with E-state index in [1.54, 1.807) is 12.4 Å². The van der Waals surface area contributed by atoms with Crippen molar-refractivity contribution in [2.45, 2.75) is 0 Å². The standard InChI is InChI=1S/C19H15N3/c1-3-14-20-16(6-1)10-12-18-8-5-9-19(22-18)13-11-17-7-2-4-15-21-17/h1-15H/b12-10-,13-11-. The molecule has 3 rings (SSSR count). The molecule has 0 fully saturated rings. The molecule has 0 aliphatic rings. The van der Waals surface area contributed by atoms with Gasteiger partial charge >= 0.3 is 0 Å². The van der Waals surface area contributed by atoms with Gasteiger partial charge in [-0.3, -0.25) is 9.97 Å². The summed E-state index contributed by atoms with van der Waals surface area (Å²) >= 11 is 0. The molecule has 0 aliphatic carbocycles. The Labute approximate surface area is 129 Å². The maximum atomic E-state index is 4.57. The summed E-state index contributed by atoms with van der Waals surface area (Å²) in [5, 5.41) is 0. The molecule has 0 N–H and O–H groups in total. The molecule has 0 bridgehead atoms. The SMILES string of the molecule is C(=C/c1cccc(/C=C\c2ccccn2)n1)/c1ccccn1. The normalized spacial score (nSPS) is 11.3. The molecule has 0 saturated carbocycles. The van der Waals surface area contributed by atoms with Gasteiger partial charge in [-0.05, 0) is 60.7 Å². The summed E-state index contributed by atoms with van der Waals surface area (Å²) in [4.78, 5) is 13.1. The molecule has 3 aromatic heterocycles. The van der Waals surface area contributed by atoms with Gasteiger partial charge in [-0.1, -0.05) is 18.2 Å². The first-order valence-corrected chi connectivity index (χ1v) is 7.05. The molecular formula is C19H15N3. The van der Waals surface area contributed by atoms with Crippen LogP contribution < -0.4 is 0 Å². The second-order valence-electron chi connectivity index (χ2n) is 4.66. The van der Waals surface area contributed by atoms with Gasteiger partial charge in [0, 0.05) is 12.4 Å². The van der Waals surface area contributed by atoms with E-state index in [-0.39, 0.29) is 0 Å². The molecule has 0 spiro atoms. The molecule has 0 radical (unpaired) electrons. The van der Waals surface area contributed by atoms with Crippen LogP contribution in [0.25, 0.3) is 24.3 Å². The summed E-state index contributed by atoms with van der Waals surface area (Å²) in [7, 11) is 0. The lowest BCUT2D eigenvalue weighted by Gasteiger charge is -1.97. The average molecular weight is 285 g/mol. The predicted octanol–water partition coefficient (Wildman–Crippen LogP) is 4.21. The van der Waals surface area contributed by atoms with Crippen molar-refractivity contribution in [1.82, 2.24) is 15.0 Å². The summed E-state index contributed by atoms with van der Waals surface area (Å²) in [5.74, 6) is 0. The summed E-state index contributed by atoms with van der Waals surface area (Å²) in [6.45, 7) is 0. The minimum Gasteiger partial charge on any atom is -0.257 e. The zero-order valence-electron chi connectivity index (χ0n) is 12.0. The average Bonchev–Trinajstić information content (AvgIpc) is 2.60. The molecule has 0 aliphatic heterocycles. The molecular weight excluding hydrogens is 270 g/mol. The van der Waals surface area contributed by atoms with Crippen LogP contribution in [-0.4, -0.2) is 15.0 Å². The van der Waals surface area contributed by atoms with E-state index in [4.69, 9.17) is 0 Å². The molecule has 0 atom stereocenters. The van der Waals surface area contributed by atoms with Gasteiger partial charge in [0.25, 0.3) is 0 Å². The third kappa shape index (κ3) is 3.96. The Bertz CT molecular complexity index is 713. The second-order valence-corrected chi connectivity index (χ2v) is 4.66. The molecule has 3 nitrogen and oxygen atoms in total. The number of hydrogen-bond acceptors (Lipinski definition) is 3. The fraction of sp³-hybridized carbons (Fsp3) is 0. The van der Waals surface area contributed by atoms with Gasteiger partial charge in [0.1, 0.15) is 0 Å². The van der Waals surface area contributed by atoms with Crippen molar-refractivity contribution in [3.63, 3.8) is 0 Å². The Hall–Kier alpha value is -3.07. The van der Waals surface area contributed by atoms with Crippen LogP contribution in [0.2, 0.25) is 0 Å². The van der Waals surface area contributed by atoms with E-state index in [1.165, 1.54) is 0 Å². The Morgan fingerprint density at radius 1 is 0.500 bits per heavy atom. The van der Waals surface area contributed by atoms with E-state index < -0.39 is 0 Å². The summed E-state index contributed by atoms with van der Waals surface area (Å²) < 4.78 is 0. The topological polar surface area (TPSA) is 38.7 Å². The lowest BCUT2D eigenvalue weighted by molar-refractivity contribution is 1.26. The molecule has 0 unspecified atom stereocenters. The summed E-state index contributed by atoms with van der Waals surface area (Å²) in [6.07, 6.45) is 11.4. The zero-order valence-corrected chi connectivity index (χ0v) is 12.0. The lowest BCUT2D eigenvalue weighted by Crippen LogP contribution is -1.85. The van der Waals surface area contributed by atoms with Gasteiger partial charge in [-0.2, -0.15) is 0 Å². The molecule has 3 aromatic rings. The highest BCUT2D eigenvalue weighted by Crippen LogP contribution is 2.08. The number of pyridine rings is 3. The maximum Gasteiger partial charge on any atom is 0.0637 e. The van der Waals surface area contributed by atoms with E-state index in [1.807, 2.05) is 78.9 Å². The van der Waals surface area contributed by atoms with Crippen LogP contribution in [0.4, 0.5) is 0 Å². The third-order valence-electron chi connectivity index (χ3n) is 3.02. The molecule has 0 aromatic carbocycles. The van der Waals surface area contributed by atoms with Crippen LogP contribution in [0.3, 0.4) is 0 Å². The van der Waals surface area contributed by atoms with E-state index in [9.17, 15) is 0 Å². The van der Waals surface area contributed by atoms with Crippen molar-refractivity contribution in [2.75, 3.05) is 0 Å². The first kappa shape index (κ1) is 13.9. The third-order valence-corrected chi connectivity index (χ3v) is 3.02. The van der Waals surface area contributed by atoms with Crippen molar-refractivity contribution in [1.29, 1.82) is 0 Å². The van der Waals surface area contributed by atoms with E-state index in [0.29, 0.717) is 0 Å². The van der Waals surface area contributed by atoms with Gasteiger partial charge in [0.05, 0.1) is 22.8 Å². The monoisotopic (exact) mass is 285 g/mol. The van der Waals surface area contributed by atoms with Gasteiger partial charge in [-0.15, -0.1) is 0 Å². The Morgan fingerprint density at radius 3 is 1.41 bits per heavy atom. The predicted molar refractivity (Wildman–Crippen MR) is 90.6 cm³/mol. The van der Waals surface area contributed by atoms with Crippen LogP contribution in [0, 0.1) is 0 Å². The van der Waals surface area contributed by atoms with Crippen LogP contribution in [0.15, 0.2) is 67.0 Å². The highest BCUT2D eigenvalue weighted by atomic mass is 14.7. The van der Waals surface area contributed by atoms with Gasteiger partial charge in [0.15, 0.2) is 0 Å². The quantitative estimate of drug-likeness (QED) is 0.720. The van der Waals surface area contributed by atoms with Crippen molar-refractivity contribution in [2.24, 2.45) is 0 Å². The molecule has 3 heteroatoms. The highest BCUT2D eigenvalue weighted by Gasteiger charge is 1.93. The van der Waals surface area contributed by atoms with Crippen molar-refractivity contribution >= 4 is 24.3 Å². The number of nitrogens with zero attached hydrogens (tertiary/aromatic N) is 3. The van der Waals surface area contributed by atoms with Crippen LogP contribution >= 0.6 is 0 Å². The maximum absolute atomic E-state index is 4.57. The minimum atomic E-state index is 0.897. The lowest BCUT2D eigenvalue weighted by atomic mass is 10.2. The van der Waals surface area contributed by atoms with Crippen molar-refractivity contribution in [3.05, 3.63) is 89.8 Å². The Balaban J connectivity index is 1.75. The fourth-order valence-electron chi connectivity index (χ4n) is 1.95. The fourth-order valence-corrected chi connectivity index (χ4v) is 1.95. The first-order valence-electron chi connectivity index (χ1n) is 7.05. The second kappa shape index (κ2) is 7.09. The van der Waals surface area contributed by atoms with Crippen LogP contribution in [0.5, 0.6) is 0 Å². The first-order chi connectivity index (χ1) is 10.9. The zero-order chi connectivity index (χ0) is 15.0.